The number of ether oxygens (including phenoxy) is 1. The molecule has 0 unspecified atom stereocenters. The maximum atomic E-state index is 12.2. The van der Waals surface area contributed by atoms with Gasteiger partial charge in [0.15, 0.2) is 0 Å². The Labute approximate surface area is 155 Å². The van der Waals surface area contributed by atoms with Crippen molar-refractivity contribution in [2.24, 2.45) is 0 Å². The lowest BCUT2D eigenvalue weighted by Gasteiger charge is -2.30. The van der Waals surface area contributed by atoms with Crippen molar-refractivity contribution in [3.05, 3.63) is 34.9 Å². The van der Waals surface area contributed by atoms with Crippen molar-refractivity contribution in [1.82, 2.24) is 10.2 Å². The molecule has 1 saturated heterocycles. The molecule has 1 fully saturated rings. The Balaban J connectivity index is 2.00. The number of rotatable bonds is 5. The summed E-state index contributed by atoms with van der Waals surface area (Å²) in [4.78, 5) is 25.7. The van der Waals surface area contributed by atoms with Crippen molar-refractivity contribution in [2.75, 3.05) is 13.1 Å². The lowest BCUT2D eigenvalue weighted by molar-refractivity contribution is -0.130. The third-order valence-corrected chi connectivity index (χ3v) is 4.73. The number of nitrogens with zero attached hydrogens (tertiary/aromatic N) is 1. The van der Waals surface area contributed by atoms with Crippen molar-refractivity contribution < 1.29 is 19.4 Å². The number of likely N-dealkylation sites (tertiary alicyclic amines) is 1. The summed E-state index contributed by atoms with van der Waals surface area (Å²) in [6.45, 7) is 10.0. The molecule has 26 heavy (non-hydrogen) atoms. The van der Waals surface area contributed by atoms with Crippen molar-refractivity contribution in [2.45, 2.75) is 65.2 Å². The molecule has 0 spiro atoms. The van der Waals surface area contributed by atoms with Crippen LogP contribution < -0.4 is 5.32 Å². The van der Waals surface area contributed by atoms with Gasteiger partial charge in [-0.15, -0.1) is 0 Å². The van der Waals surface area contributed by atoms with Gasteiger partial charge in [0.1, 0.15) is 5.60 Å². The molecule has 2 N–H and O–H groups in total. The van der Waals surface area contributed by atoms with Crippen molar-refractivity contribution >= 4 is 12.0 Å². The summed E-state index contributed by atoms with van der Waals surface area (Å²) >= 11 is 0. The summed E-state index contributed by atoms with van der Waals surface area (Å²) < 4.78 is 5.20. The molecule has 1 aliphatic rings. The molecule has 6 heteroatoms. The van der Waals surface area contributed by atoms with Crippen LogP contribution in [0.15, 0.2) is 18.2 Å². The fraction of sp³-hybridized carbons (Fsp3) is 0.600. The van der Waals surface area contributed by atoms with Crippen LogP contribution in [0.4, 0.5) is 4.79 Å². The number of hydrogen-bond acceptors (Lipinski definition) is 4. The van der Waals surface area contributed by atoms with Gasteiger partial charge in [0, 0.05) is 19.5 Å². The highest BCUT2D eigenvalue weighted by molar-refractivity contribution is 5.79. The van der Waals surface area contributed by atoms with Crippen LogP contribution in [-0.4, -0.2) is 46.7 Å². The monoisotopic (exact) mass is 362 g/mol. The number of aryl methyl sites for hydroxylation is 1. The van der Waals surface area contributed by atoms with Gasteiger partial charge in [0.2, 0.25) is 5.91 Å². The number of aliphatic hydroxyl groups is 1. The van der Waals surface area contributed by atoms with Gasteiger partial charge in [-0.25, -0.2) is 4.79 Å². The molecule has 144 valence electrons. The predicted molar refractivity (Wildman–Crippen MR) is 99.8 cm³/mol. The van der Waals surface area contributed by atoms with Crippen LogP contribution in [0.5, 0.6) is 0 Å². The minimum absolute atomic E-state index is 0.00495. The van der Waals surface area contributed by atoms with Crippen LogP contribution in [0.1, 0.15) is 56.4 Å². The molecular weight excluding hydrogens is 332 g/mol. The van der Waals surface area contributed by atoms with E-state index in [1.165, 1.54) is 0 Å². The molecule has 0 bridgehead atoms. The average Bonchev–Trinajstić information content (AvgIpc) is 2.89. The zero-order valence-electron chi connectivity index (χ0n) is 16.3. The van der Waals surface area contributed by atoms with E-state index < -0.39 is 17.8 Å². The summed E-state index contributed by atoms with van der Waals surface area (Å²) in [6, 6.07) is 5.57. The van der Waals surface area contributed by atoms with Gasteiger partial charge in [-0.2, -0.15) is 0 Å². The van der Waals surface area contributed by atoms with Gasteiger partial charge in [-0.05, 0) is 57.7 Å². The zero-order valence-corrected chi connectivity index (χ0v) is 16.3. The smallest absolute Gasteiger partial charge is 0.407 e. The molecule has 2 amide bonds. The second kappa shape index (κ2) is 8.08. The van der Waals surface area contributed by atoms with Crippen LogP contribution in [0.25, 0.3) is 0 Å². The third kappa shape index (κ3) is 4.97. The summed E-state index contributed by atoms with van der Waals surface area (Å²) in [5.74, 6) is 0.00495. The first kappa shape index (κ1) is 20.2. The van der Waals surface area contributed by atoms with Crippen LogP contribution in [-0.2, 0) is 9.53 Å². The standard InChI is InChI=1S/C20H30N2O4/c1-13-7-6-8-15(14(13)2)18(24)16-9-10-17(23)22(16)12-11-21-19(25)26-20(3,4)5/h6-8,16,18,24H,9-12H2,1-5H3,(H,21,25)/t16-,18+/m0/s1. The number of alkyl carbamates (subject to hydrolysis) is 1. The number of carbonyl (C=O) groups excluding carboxylic acids is 2. The number of carbonyl (C=O) groups is 2. The maximum absolute atomic E-state index is 12.2. The van der Waals surface area contributed by atoms with E-state index in [-0.39, 0.29) is 18.5 Å². The Hall–Kier alpha value is -2.08. The minimum atomic E-state index is -0.733. The Morgan fingerprint density at radius 1 is 1.38 bits per heavy atom. The molecule has 6 nitrogen and oxygen atoms in total. The second-order valence-corrected chi connectivity index (χ2v) is 7.86. The Kier molecular flexibility index (Phi) is 6.29. The van der Waals surface area contributed by atoms with E-state index in [1.807, 2.05) is 32.0 Å². The van der Waals surface area contributed by atoms with Gasteiger partial charge in [-0.1, -0.05) is 18.2 Å². The number of nitrogens with one attached hydrogen (secondary N) is 1. The van der Waals surface area contributed by atoms with E-state index in [4.69, 9.17) is 4.74 Å². The predicted octanol–water partition coefficient (Wildman–Crippen LogP) is 2.85. The maximum Gasteiger partial charge on any atom is 0.407 e. The zero-order chi connectivity index (χ0) is 19.5. The molecule has 2 rings (SSSR count). The highest BCUT2D eigenvalue weighted by Gasteiger charge is 2.36. The van der Waals surface area contributed by atoms with Crippen molar-refractivity contribution in [1.29, 1.82) is 0 Å². The van der Waals surface area contributed by atoms with Crippen LogP contribution in [0.2, 0.25) is 0 Å². The van der Waals surface area contributed by atoms with E-state index >= 15 is 0 Å². The Morgan fingerprint density at radius 2 is 2.08 bits per heavy atom. The SMILES string of the molecule is Cc1cccc([C@@H](O)[C@@H]2CCC(=O)N2CCNC(=O)OC(C)(C)C)c1C. The highest BCUT2D eigenvalue weighted by atomic mass is 16.6. The molecule has 1 aromatic rings. The van der Waals surface area contributed by atoms with Crippen molar-refractivity contribution in [3.8, 4) is 0 Å². The molecule has 0 aromatic heterocycles. The summed E-state index contributed by atoms with van der Waals surface area (Å²) in [7, 11) is 0. The first-order valence-corrected chi connectivity index (χ1v) is 9.10. The lowest BCUT2D eigenvalue weighted by atomic mass is 9.94. The van der Waals surface area contributed by atoms with Gasteiger partial charge in [0.25, 0.3) is 0 Å². The van der Waals surface area contributed by atoms with Gasteiger partial charge < -0.3 is 20.1 Å². The molecule has 1 aliphatic heterocycles. The number of amides is 2. The minimum Gasteiger partial charge on any atom is -0.444 e. The number of benzene rings is 1. The second-order valence-electron chi connectivity index (χ2n) is 7.86. The van der Waals surface area contributed by atoms with Gasteiger partial charge >= 0.3 is 6.09 Å². The normalized spacial score (nSPS) is 18.8. The fourth-order valence-electron chi connectivity index (χ4n) is 3.27. The van der Waals surface area contributed by atoms with Crippen LogP contribution in [0.3, 0.4) is 0 Å². The van der Waals surface area contributed by atoms with E-state index in [9.17, 15) is 14.7 Å². The molecule has 1 aromatic carbocycles. The molecule has 0 radical (unpaired) electrons. The lowest BCUT2D eigenvalue weighted by Crippen LogP contribution is -2.43. The van der Waals surface area contributed by atoms with Gasteiger partial charge in [0.05, 0.1) is 12.1 Å². The molecular formula is C20H30N2O4. The molecule has 2 atom stereocenters. The van der Waals surface area contributed by atoms with E-state index in [1.54, 1.807) is 25.7 Å². The van der Waals surface area contributed by atoms with E-state index in [0.717, 1.165) is 16.7 Å². The first-order chi connectivity index (χ1) is 12.1. The van der Waals surface area contributed by atoms with Crippen molar-refractivity contribution in [3.63, 3.8) is 0 Å². The molecule has 0 aliphatic carbocycles. The molecule has 0 saturated carbocycles. The fourth-order valence-corrected chi connectivity index (χ4v) is 3.27. The quantitative estimate of drug-likeness (QED) is 0.844. The summed E-state index contributed by atoms with van der Waals surface area (Å²) in [5, 5.41) is 13.5. The third-order valence-electron chi connectivity index (χ3n) is 4.73. The molecule has 1 heterocycles. The van der Waals surface area contributed by atoms with E-state index in [0.29, 0.717) is 19.4 Å². The Morgan fingerprint density at radius 3 is 2.73 bits per heavy atom. The summed E-state index contributed by atoms with van der Waals surface area (Å²) in [6.07, 6.45) is -0.211. The number of hydrogen-bond donors (Lipinski definition) is 2. The van der Waals surface area contributed by atoms with Gasteiger partial charge in [-0.3, -0.25) is 4.79 Å². The van der Waals surface area contributed by atoms with E-state index in [2.05, 4.69) is 5.32 Å². The largest absolute Gasteiger partial charge is 0.444 e. The first-order valence-electron chi connectivity index (χ1n) is 9.10. The topological polar surface area (TPSA) is 78.9 Å². The van der Waals surface area contributed by atoms with Crippen LogP contribution >= 0.6 is 0 Å². The highest BCUT2D eigenvalue weighted by Crippen LogP contribution is 2.32. The number of aliphatic hydroxyl groups excluding tert-OH is 1. The Bertz CT molecular complexity index is 666. The van der Waals surface area contributed by atoms with Crippen LogP contribution in [0, 0.1) is 13.8 Å². The summed E-state index contributed by atoms with van der Waals surface area (Å²) in [5.41, 5.74) is 2.46. The average molecular weight is 362 g/mol.